The van der Waals surface area contributed by atoms with Crippen LogP contribution in [-0.4, -0.2) is 30.5 Å². The number of halogens is 2. The van der Waals surface area contributed by atoms with Gasteiger partial charge in [-0.25, -0.2) is 8.78 Å². The van der Waals surface area contributed by atoms with Gasteiger partial charge in [0.15, 0.2) is 0 Å². The quantitative estimate of drug-likeness (QED) is 0.836. The Bertz CT molecular complexity index is 733. The van der Waals surface area contributed by atoms with Gasteiger partial charge in [-0.05, 0) is 30.2 Å². The van der Waals surface area contributed by atoms with Crippen LogP contribution in [0.25, 0.3) is 0 Å². The van der Waals surface area contributed by atoms with Gasteiger partial charge in [-0.15, -0.1) is 0 Å². The van der Waals surface area contributed by atoms with Crippen molar-refractivity contribution in [3.63, 3.8) is 0 Å². The largest absolute Gasteiger partial charge is 0.370 e. The van der Waals surface area contributed by atoms with E-state index in [1.807, 2.05) is 6.92 Å². The number of hydrogen-bond acceptors (Lipinski definition) is 2. The highest BCUT2D eigenvalue weighted by molar-refractivity contribution is 5.83. The number of hydrogen-bond donors (Lipinski definition) is 0. The number of benzene rings is 2. The Morgan fingerprint density at radius 2 is 1.92 bits per heavy atom. The Labute approximate surface area is 146 Å². The first-order valence-corrected chi connectivity index (χ1v) is 8.50. The molecule has 0 saturated carbocycles. The molecule has 0 radical (unpaired) electrons. The van der Waals surface area contributed by atoms with Crippen molar-refractivity contribution in [2.45, 2.75) is 25.4 Å². The zero-order valence-corrected chi connectivity index (χ0v) is 14.1. The third-order valence-electron chi connectivity index (χ3n) is 4.61. The Kier molecular flexibility index (Phi) is 5.43. The van der Waals surface area contributed by atoms with Crippen LogP contribution in [0.2, 0.25) is 0 Å². The molecule has 2 aromatic rings. The van der Waals surface area contributed by atoms with Crippen molar-refractivity contribution in [1.82, 2.24) is 4.90 Å². The zero-order chi connectivity index (χ0) is 17.8. The van der Waals surface area contributed by atoms with Crippen LogP contribution in [0.1, 0.15) is 36.5 Å². The molecule has 1 saturated heterocycles. The Morgan fingerprint density at radius 1 is 1.20 bits per heavy atom. The first-order valence-electron chi connectivity index (χ1n) is 8.50. The maximum atomic E-state index is 14.0. The molecule has 0 spiro atoms. The molecule has 132 valence electrons. The number of carbonyl (C=O) groups is 1. The number of morpholine rings is 1. The first kappa shape index (κ1) is 17.5. The molecule has 2 atom stereocenters. The van der Waals surface area contributed by atoms with Gasteiger partial charge in [0, 0.05) is 12.1 Å². The number of rotatable bonds is 4. The second-order valence-electron chi connectivity index (χ2n) is 6.18. The van der Waals surface area contributed by atoms with Crippen molar-refractivity contribution in [1.29, 1.82) is 0 Å². The molecule has 5 heteroatoms. The van der Waals surface area contributed by atoms with E-state index in [9.17, 15) is 13.6 Å². The average Bonchev–Trinajstić information content (AvgIpc) is 2.64. The molecule has 0 bridgehead atoms. The highest BCUT2D eigenvalue weighted by Gasteiger charge is 2.31. The summed E-state index contributed by atoms with van der Waals surface area (Å²) in [7, 11) is 0. The minimum atomic E-state index is -0.468. The van der Waals surface area contributed by atoms with Crippen LogP contribution in [0.15, 0.2) is 48.5 Å². The maximum Gasteiger partial charge on any atom is 0.230 e. The lowest BCUT2D eigenvalue weighted by Gasteiger charge is -2.35. The molecule has 25 heavy (non-hydrogen) atoms. The number of ether oxygens (including phenoxy) is 1. The van der Waals surface area contributed by atoms with Crippen molar-refractivity contribution in [2.24, 2.45) is 0 Å². The zero-order valence-electron chi connectivity index (χ0n) is 14.1. The minimum absolute atomic E-state index is 0.0289. The van der Waals surface area contributed by atoms with Crippen molar-refractivity contribution >= 4 is 5.91 Å². The first-order chi connectivity index (χ1) is 12.1. The maximum absolute atomic E-state index is 14.0. The van der Waals surface area contributed by atoms with Crippen molar-refractivity contribution < 1.29 is 18.3 Å². The molecule has 0 N–H and O–H groups in total. The molecule has 0 aromatic heterocycles. The van der Waals surface area contributed by atoms with E-state index < -0.39 is 6.10 Å². The topological polar surface area (TPSA) is 29.5 Å². The van der Waals surface area contributed by atoms with Gasteiger partial charge in [0.1, 0.15) is 17.7 Å². The van der Waals surface area contributed by atoms with Gasteiger partial charge in [-0.1, -0.05) is 37.3 Å². The van der Waals surface area contributed by atoms with Crippen LogP contribution in [0.4, 0.5) is 8.78 Å². The molecule has 1 fully saturated rings. The predicted octanol–water partition coefficient (Wildman–Crippen LogP) is 4.06. The van der Waals surface area contributed by atoms with Crippen LogP contribution in [0.3, 0.4) is 0 Å². The Hall–Kier alpha value is -2.27. The summed E-state index contributed by atoms with van der Waals surface area (Å²) in [4.78, 5) is 14.7. The average molecular weight is 345 g/mol. The van der Waals surface area contributed by atoms with Gasteiger partial charge < -0.3 is 9.64 Å². The van der Waals surface area contributed by atoms with Crippen molar-refractivity contribution in [2.75, 3.05) is 19.7 Å². The monoisotopic (exact) mass is 345 g/mol. The molecule has 3 nitrogen and oxygen atoms in total. The second-order valence-corrected chi connectivity index (χ2v) is 6.18. The summed E-state index contributed by atoms with van der Waals surface area (Å²) in [6.45, 7) is 3.09. The van der Waals surface area contributed by atoms with Crippen LogP contribution in [0, 0.1) is 11.6 Å². The van der Waals surface area contributed by atoms with E-state index in [-0.39, 0.29) is 23.5 Å². The van der Waals surface area contributed by atoms with Gasteiger partial charge in [0.05, 0.1) is 19.1 Å². The fourth-order valence-corrected chi connectivity index (χ4v) is 3.24. The van der Waals surface area contributed by atoms with E-state index in [2.05, 4.69) is 0 Å². The second kappa shape index (κ2) is 7.74. The molecule has 0 aliphatic carbocycles. The number of nitrogens with zero attached hydrogens (tertiary/aromatic N) is 1. The fraction of sp³-hybridized carbons (Fsp3) is 0.350. The van der Waals surface area contributed by atoms with E-state index in [0.29, 0.717) is 31.7 Å². The number of carbonyl (C=O) groups excluding carboxylic acids is 1. The highest BCUT2D eigenvalue weighted by atomic mass is 19.1. The lowest BCUT2D eigenvalue weighted by Crippen LogP contribution is -2.44. The summed E-state index contributed by atoms with van der Waals surface area (Å²) < 4.78 is 32.8. The molecule has 1 heterocycles. The molecular formula is C20H21F2NO2. The van der Waals surface area contributed by atoms with Crippen molar-refractivity contribution in [3.05, 3.63) is 71.3 Å². The Morgan fingerprint density at radius 3 is 2.60 bits per heavy atom. The highest BCUT2D eigenvalue weighted by Crippen LogP contribution is 2.28. The summed E-state index contributed by atoms with van der Waals surface area (Å²) in [6.07, 6.45) is 0.149. The standard InChI is InChI=1S/C20H21F2NO2/c1-2-16(14-7-9-15(21)10-8-14)20(24)23-11-12-25-19(13-23)17-5-3-4-6-18(17)22/h3-10,16,19H,2,11-13H2,1H3. The summed E-state index contributed by atoms with van der Waals surface area (Å²) in [6, 6.07) is 12.5. The fourth-order valence-electron chi connectivity index (χ4n) is 3.24. The van der Waals surface area contributed by atoms with Crippen LogP contribution in [0.5, 0.6) is 0 Å². The molecule has 3 rings (SSSR count). The van der Waals surface area contributed by atoms with Crippen molar-refractivity contribution in [3.8, 4) is 0 Å². The van der Waals surface area contributed by atoms with Gasteiger partial charge in [0.25, 0.3) is 0 Å². The van der Waals surface area contributed by atoms with Gasteiger partial charge in [0.2, 0.25) is 5.91 Å². The molecule has 1 aliphatic rings. The SMILES string of the molecule is CCC(C(=O)N1CCOC(c2ccccc2F)C1)c1ccc(F)cc1. The smallest absolute Gasteiger partial charge is 0.230 e. The molecule has 2 aromatic carbocycles. The van der Waals surface area contributed by atoms with Crippen LogP contribution in [-0.2, 0) is 9.53 Å². The summed E-state index contributed by atoms with van der Waals surface area (Å²) in [5.41, 5.74) is 1.26. The Balaban J connectivity index is 1.77. The third-order valence-corrected chi connectivity index (χ3v) is 4.61. The van der Waals surface area contributed by atoms with Gasteiger partial charge in [-0.3, -0.25) is 4.79 Å². The third kappa shape index (κ3) is 3.87. The summed E-state index contributed by atoms with van der Waals surface area (Å²) in [5, 5.41) is 0. The lowest BCUT2D eigenvalue weighted by atomic mass is 9.94. The summed E-state index contributed by atoms with van der Waals surface area (Å²) in [5.74, 6) is -1.01. The van der Waals surface area contributed by atoms with E-state index in [0.717, 1.165) is 5.56 Å². The van der Waals surface area contributed by atoms with Gasteiger partial charge >= 0.3 is 0 Å². The van der Waals surface area contributed by atoms with E-state index >= 15 is 0 Å². The van der Waals surface area contributed by atoms with E-state index in [4.69, 9.17) is 4.74 Å². The predicted molar refractivity (Wildman–Crippen MR) is 91.1 cm³/mol. The van der Waals surface area contributed by atoms with E-state index in [1.54, 1.807) is 35.2 Å². The minimum Gasteiger partial charge on any atom is -0.370 e. The van der Waals surface area contributed by atoms with Crippen LogP contribution < -0.4 is 0 Å². The van der Waals surface area contributed by atoms with Gasteiger partial charge in [-0.2, -0.15) is 0 Å². The molecular weight excluding hydrogens is 324 g/mol. The summed E-state index contributed by atoms with van der Waals surface area (Å²) >= 11 is 0. The van der Waals surface area contributed by atoms with E-state index in [1.165, 1.54) is 18.2 Å². The lowest BCUT2D eigenvalue weighted by molar-refractivity contribution is -0.140. The molecule has 2 unspecified atom stereocenters. The number of amides is 1. The molecule has 1 amide bonds. The normalized spacial score (nSPS) is 18.8. The van der Waals surface area contributed by atoms with Crippen LogP contribution >= 0.6 is 0 Å². The molecule has 1 aliphatic heterocycles.